The van der Waals surface area contributed by atoms with Crippen LogP contribution in [0.4, 0.5) is 0 Å². The lowest BCUT2D eigenvalue weighted by molar-refractivity contribution is -0.160. The molecular weight excluding hydrogens is 306 g/mol. The maximum Gasteiger partial charge on any atom is 0.414 e. The van der Waals surface area contributed by atoms with E-state index in [1.165, 1.54) is 0 Å². The molecule has 23 heavy (non-hydrogen) atoms. The van der Waals surface area contributed by atoms with Crippen molar-refractivity contribution < 1.29 is 34.5 Å². The lowest BCUT2D eigenvalue weighted by Gasteiger charge is -2.23. The minimum atomic E-state index is -1.82. The van der Waals surface area contributed by atoms with Crippen LogP contribution in [-0.2, 0) is 25.5 Å². The molecule has 8 heteroatoms. The minimum Gasteiger partial charge on any atom is -0.473 e. The fraction of sp³-hybridized carbons (Fsp3) is 0.400. The molecule has 1 rings (SSSR count). The van der Waals surface area contributed by atoms with Crippen LogP contribution in [0, 0.1) is 0 Å². The molecule has 0 aliphatic rings. The van der Waals surface area contributed by atoms with Crippen molar-refractivity contribution in [3.8, 4) is 0 Å². The number of hydrogen-bond acceptors (Lipinski definition) is 6. The molecule has 8 nitrogen and oxygen atoms in total. The molecule has 4 N–H and O–H groups in total. The van der Waals surface area contributed by atoms with Gasteiger partial charge in [0, 0.05) is 6.42 Å². The monoisotopic (exact) mass is 327 g/mol. The number of carbonyl (C=O) groups excluding carboxylic acids is 1. The summed E-state index contributed by atoms with van der Waals surface area (Å²) in [5.74, 6) is -4.10. The molecule has 0 bridgehead atoms. The third-order valence-corrected chi connectivity index (χ3v) is 2.31. The maximum atomic E-state index is 11.7. The first-order valence-electron chi connectivity index (χ1n) is 6.69. The van der Waals surface area contributed by atoms with Gasteiger partial charge in [-0.15, -0.1) is 0 Å². The van der Waals surface area contributed by atoms with Gasteiger partial charge < -0.3 is 20.2 Å². The summed E-state index contributed by atoms with van der Waals surface area (Å²) >= 11 is 0. The van der Waals surface area contributed by atoms with E-state index in [1.54, 1.807) is 20.8 Å². The van der Waals surface area contributed by atoms with Crippen molar-refractivity contribution in [2.24, 2.45) is 0 Å². The summed E-state index contributed by atoms with van der Waals surface area (Å²) in [6, 6.07) is 8.73. The predicted octanol–water partition coefficient (Wildman–Crippen LogP) is 1.07. The standard InChI is InChI=1S/C13H19NO3.C2H2O4/c1-13(2,3)17-12(15)11(14-16)9-10-7-5-4-6-8-10;3-1(4)2(5)6/h4-8,11,14,16H,9H2,1-3H3;(H,3,4)(H,5,6)/t11-;/m0./s1. The second-order valence-corrected chi connectivity index (χ2v) is 5.52. The van der Waals surface area contributed by atoms with Crippen LogP contribution < -0.4 is 5.48 Å². The Hall–Kier alpha value is -2.45. The highest BCUT2D eigenvalue weighted by Crippen LogP contribution is 2.11. The topological polar surface area (TPSA) is 133 Å². The fourth-order valence-corrected chi connectivity index (χ4v) is 1.40. The Morgan fingerprint density at radius 2 is 1.57 bits per heavy atom. The van der Waals surface area contributed by atoms with Crippen LogP contribution in [0.25, 0.3) is 0 Å². The molecule has 0 unspecified atom stereocenters. The van der Waals surface area contributed by atoms with Crippen LogP contribution in [0.1, 0.15) is 26.3 Å². The van der Waals surface area contributed by atoms with E-state index in [0.29, 0.717) is 6.42 Å². The van der Waals surface area contributed by atoms with Crippen molar-refractivity contribution in [2.75, 3.05) is 0 Å². The van der Waals surface area contributed by atoms with Gasteiger partial charge in [-0.05, 0) is 26.3 Å². The molecule has 0 heterocycles. The number of hydroxylamine groups is 1. The third kappa shape index (κ3) is 9.99. The summed E-state index contributed by atoms with van der Waals surface area (Å²) in [5.41, 5.74) is 2.41. The molecule has 0 aliphatic carbocycles. The smallest absolute Gasteiger partial charge is 0.414 e. The first-order valence-corrected chi connectivity index (χ1v) is 6.69. The molecule has 1 aromatic rings. The third-order valence-electron chi connectivity index (χ3n) is 2.31. The lowest BCUT2D eigenvalue weighted by Crippen LogP contribution is -2.41. The zero-order valence-corrected chi connectivity index (χ0v) is 13.1. The van der Waals surface area contributed by atoms with Gasteiger partial charge in [-0.3, -0.25) is 4.79 Å². The number of aliphatic carboxylic acids is 2. The van der Waals surface area contributed by atoms with Crippen molar-refractivity contribution in [1.82, 2.24) is 5.48 Å². The molecule has 0 spiro atoms. The van der Waals surface area contributed by atoms with E-state index in [1.807, 2.05) is 35.8 Å². The van der Waals surface area contributed by atoms with Gasteiger partial charge in [-0.1, -0.05) is 30.3 Å². The summed E-state index contributed by atoms with van der Waals surface area (Å²) in [4.78, 5) is 29.9. The maximum absolute atomic E-state index is 11.7. The zero-order valence-electron chi connectivity index (χ0n) is 13.1. The highest BCUT2D eigenvalue weighted by molar-refractivity contribution is 6.27. The molecule has 128 valence electrons. The Kier molecular flexibility index (Phi) is 8.53. The van der Waals surface area contributed by atoms with Crippen LogP contribution in [-0.4, -0.2) is 45.0 Å². The average Bonchev–Trinajstić information content (AvgIpc) is 2.44. The Morgan fingerprint density at radius 1 is 1.09 bits per heavy atom. The first-order chi connectivity index (χ1) is 10.6. The minimum absolute atomic E-state index is 0.395. The lowest BCUT2D eigenvalue weighted by atomic mass is 10.1. The van der Waals surface area contributed by atoms with E-state index in [4.69, 9.17) is 29.7 Å². The number of hydrogen-bond donors (Lipinski definition) is 4. The molecule has 0 radical (unpaired) electrons. The van der Waals surface area contributed by atoms with Gasteiger partial charge >= 0.3 is 17.9 Å². The van der Waals surface area contributed by atoms with E-state index < -0.39 is 29.6 Å². The van der Waals surface area contributed by atoms with Crippen LogP contribution in [0.2, 0.25) is 0 Å². The number of rotatable bonds is 4. The second kappa shape index (κ2) is 9.54. The Bertz CT molecular complexity index is 510. The van der Waals surface area contributed by atoms with E-state index in [-0.39, 0.29) is 0 Å². The van der Waals surface area contributed by atoms with Crippen LogP contribution in [0.15, 0.2) is 30.3 Å². The van der Waals surface area contributed by atoms with E-state index in [9.17, 15) is 4.79 Å². The number of carboxylic acids is 2. The summed E-state index contributed by atoms with van der Waals surface area (Å²) in [5, 5.41) is 23.8. The van der Waals surface area contributed by atoms with Crippen LogP contribution >= 0.6 is 0 Å². The molecule has 0 saturated heterocycles. The van der Waals surface area contributed by atoms with Crippen molar-refractivity contribution in [2.45, 2.75) is 38.8 Å². The number of nitrogens with one attached hydrogen (secondary N) is 1. The zero-order chi connectivity index (χ0) is 18.0. The quantitative estimate of drug-likeness (QED) is 0.367. The molecule has 1 atom stereocenters. The number of esters is 1. The predicted molar refractivity (Wildman–Crippen MR) is 80.0 cm³/mol. The van der Waals surface area contributed by atoms with E-state index in [2.05, 4.69) is 0 Å². The number of benzene rings is 1. The fourth-order valence-electron chi connectivity index (χ4n) is 1.40. The number of carbonyl (C=O) groups is 3. The molecule has 0 amide bonds. The molecule has 0 aromatic heterocycles. The van der Waals surface area contributed by atoms with Crippen molar-refractivity contribution in [3.05, 3.63) is 35.9 Å². The van der Waals surface area contributed by atoms with Crippen molar-refractivity contribution >= 4 is 17.9 Å². The van der Waals surface area contributed by atoms with Gasteiger partial charge in [0.05, 0.1) is 0 Å². The summed E-state index contributed by atoms with van der Waals surface area (Å²) in [7, 11) is 0. The molecule has 0 fully saturated rings. The normalized spacial score (nSPS) is 11.7. The van der Waals surface area contributed by atoms with Gasteiger partial charge in [-0.25, -0.2) is 9.59 Å². The van der Waals surface area contributed by atoms with Gasteiger partial charge in [0.2, 0.25) is 0 Å². The van der Waals surface area contributed by atoms with Crippen LogP contribution in [0.3, 0.4) is 0 Å². The molecule has 0 saturated carbocycles. The molecule has 0 aliphatic heterocycles. The van der Waals surface area contributed by atoms with Gasteiger partial charge in [0.1, 0.15) is 11.6 Å². The van der Waals surface area contributed by atoms with Crippen molar-refractivity contribution in [1.29, 1.82) is 0 Å². The number of ether oxygens (including phenoxy) is 1. The highest BCUT2D eigenvalue weighted by atomic mass is 16.6. The highest BCUT2D eigenvalue weighted by Gasteiger charge is 2.24. The Morgan fingerprint density at radius 3 is 1.91 bits per heavy atom. The second-order valence-electron chi connectivity index (χ2n) is 5.52. The van der Waals surface area contributed by atoms with Gasteiger partial charge in [0.25, 0.3) is 0 Å². The molecular formula is C15H21NO7. The summed E-state index contributed by atoms with van der Waals surface area (Å²) in [6.45, 7) is 5.38. The van der Waals surface area contributed by atoms with Gasteiger partial charge in [-0.2, -0.15) is 5.48 Å². The molecule has 1 aromatic carbocycles. The Labute approximate surface area is 133 Å². The first kappa shape index (κ1) is 20.6. The average molecular weight is 327 g/mol. The number of carboxylic acid groups (broad SMARTS) is 2. The SMILES string of the molecule is CC(C)(C)OC(=O)[C@H](Cc1ccccc1)NO.O=C(O)C(=O)O. The van der Waals surface area contributed by atoms with Crippen LogP contribution in [0.5, 0.6) is 0 Å². The Balaban J connectivity index is 0.000000688. The largest absolute Gasteiger partial charge is 0.473 e. The van der Waals surface area contributed by atoms with E-state index in [0.717, 1.165) is 5.56 Å². The summed E-state index contributed by atoms with van der Waals surface area (Å²) < 4.78 is 5.20. The van der Waals surface area contributed by atoms with Gasteiger partial charge in [0.15, 0.2) is 0 Å². The van der Waals surface area contributed by atoms with E-state index >= 15 is 0 Å². The van der Waals surface area contributed by atoms with Crippen molar-refractivity contribution in [3.63, 3.8) is 0 Å². The summed E-state index contributed by atoms with van der Waals surface area (Å²) in [6.07, 6.45) is 0.395.